The Labute approximate surface area is 271 Å². The molecule has 3 aromatic carbocycles. The number of nitrogens with two attached hydrogens (primary N) is 2. The van der Waals surface area contributed by atoms with Crippen molar-refractivity contribution in [1.29, 1.82) is 0 Å². The number of nitrogen functional groups attached to an aromatic ring is 1. The molecule has 14 heteroatoms. The lowest BCUT2D eigenvalue weighted by molar-refractivity contribution is -0.126. The predicted molar refractivity (Wildman–Crippen MR) is 176 cm³/mol. The molecule has 0 saturated heterocycles. The van der Waals surface area contributed by atoms with Crippen LogP contribution in [0.2, 0.25) is 5.02 Å². The fourth-order valence-corrected chi connectivity index (χ4v) is 5.27. The van der Waals surface area contributed by atoms with E-state index in [4.69, 9.17) is 23.1 Å². The van der Waals surface area contributed by atoms with Crippen LogP contribution < -0.4 is 27.7 Å². The molecule has 0 aliphatic carbocycles. The highest BCUT2D eigenvalue weighted by atomic mass is 79.9. The Morgan fingerprint density at radius 2 is 1.80 bits per heavy atom. The Kier molecular flexibility index (Phi) is 9.73. The molecule has 0 saturated carbocycles. The summed E-state index contributed by atoms with van der Waals surface area (Å²) in [7, 11) is 0. The molecule has 2 heterocycles. The summed E-state index contributed by atoms with van der Waals surface area (Å²) in [6.07, 6.45) is 1.69. The number of aryl methyl sites for hydroxylation is 1. The van der Waals surface area contributed by atoms with E-state index in [-0.39, 0.29) is 31.0 Å². The van der Waals surface area contributed by atoms with E-state index in [0.29, 0.717) is 37.3 Å². The van der Waals surface area contributed by atoms with Crippen LogP contribution in [-0.4, -0.2) is 55.1 Å². The van der Waals surface area contributed by atoms with E-state index in [1.54, 1.807) is 6.07 Å². The summed E-state index contributed by atoms with van der Waals surface area (Å²) in [4.78, 5) is 51.4. The van der Waals surface area contributed by atoms with Gasteiger partial charge in [-0.05, 0) is 69.9 Å². The number of rotatable bonds is 10. The van der Waals surface area contributed by atoms with Crippen molar-refractivity contribution in [3.05, 3.63) is 92.7 Å². The molecule has 0 bridgehead atoms. The zero-order valence-electron chi connectivity index (χ0n) is 24.1. The lowest BCUT2D eigenvalue weighted by atomic mass is 9.98. The summed E-state index contributed by atoms with van der Waals surface area (Å²) in [5.74, 6) is -0.544. The van der Waals surface area contributed by atoms with Gasteiger partial charge in [-0.3, -0.25) is 19.0 Å². The molecule has 0 spiro atoms. The summed E-state index contributed by atoms with van der Waals surface area (Å²) in [6, 6.07) is 14.4. The highest BCUT2D eigenvalue weighted by Gasteiger charge is 2.23. The van der Waals surface area contributed by atoms with Gasteiger partial charge in [-0.15, -0.1) is 0 Å². The van der Waals surface area contributed by atoms with Crippen molar-refractivity contribution in [2.45, 2.75) is 38.1 Å². The predicted octanol–water partition coefficient (Wildman–Crippen LogP) is 3.08. The van der Waals surface area contributed by atoms with Crippen molar-refractivity contribution < 1.29 is 14.7 Å². The molecule has 45 heavy (non-hydrogen) atoms. The minimum absolute atomic E-state index is 0.0205. The Morgan fingerprint density at radius 3 is 2.58 bits per heavy atom. The van der Waals surface area contributed by atoms with Gasteiger partial charge in [0.2, 0.25) is 11.8 Å². The minimum atomic E-state index is -1.17. The van der Waals surface area contributed by atoms with E-state index in [0.717, 1.165) is 16.5 Å². The topological polar surface area (TPSA) is 191 Å². The Balaban J connectivity index is 1.33. The number of carbonyl (C=O) groups excluding carboxylic acids is 2. The van der Waals surface area contributed by atoms with Crippen LogP contribution in [0.3, 0.4) is 0 Å². The van der Waals surface area contributed by atoms with E-state index in [1.807, 2.05) is 42.5 Å². The van der Waals surface area contributed by atoms with Gasteiger partial charge in [0, 0.05) is 29.4 Å². The molecule has 7 N–H and O–H groups in total. The molecule has 5 rings (SSSR count). The number of hydrogen-bond donors (Lipinski definition) is 5. The molecule has 2 amide bonds. The molecule has 3 atom stereocenters. The molecule has 0 aliphatic heterocycles. The standard InChI is InChI=1S/C31H30BrClN8O4/c1-16(42)28(34)30(44)40-26(19-4-2-3-17(9-19)18-5-6-20-24(10-18)37-14-38-29(20)35)13-36-27(43)7-8-41-15-39-25-12-22(32)23(33)11-21(25)31(41)45/h2-6,9-12,14-16,26,28,42H,7-8,13,34H2,1H3,(H,36,43)(H,40,44)(H2,35,37,38)/t16-,26+,28+/m1/s1. The van der Waals surface area contributed by atoms with Gasteiger partial charge >= 0.3 is 0 Å². The minimum Gasteiger partial charge on any atom is -0.391 e. The van der Waals surface area contributed by atoms with Crippen molar-refractivity contribution >= 4 is 67.0 Å². The van der Waals surface area contributed by atoms with E-state index in [9.17, 15) is 19.5 Å². The second-order valence-electron chi connectivity index (χ2n) is 10.5. The first-order valence-corrected chi connectivity index (χ1v) is 15.1. The van der Waals surface area contributed by atoms with Gasteiger partial charge in [-0.25, -0.2) is 15.0 Å². The van der Waals surface area contributed by atoms with E-state index >= 15 is 0 Å². The van der Waals surface area contributed by atoms with Crippen LogP contribution in [0.15, 0.2) is 76.5 Å². The number of carbonyl (C=O) groups is 2. The van der Waals surface area contributed by atoms with Crippen molar-refractivity contribution in [2.75, 3.05) is 12.3 Å². The van der Waals surface area contributed by atoms with Gasteiger partial charge in [-0.1, -0.05) is 35.9 Å². The summed E-state index contributed by atoms with van der Waals surface area (Å²) in [6.45, 7) is 1.53. The molecule has 0 unspecified atom stereocenters. The fraction of sp³-hybridized carbons (Fsp3) is 0.226. The average molecular weight is 694 g/mol. The Bertz CT molecular complexity index is 1970. The molecular formula is C31H30BrClN8O4. The third-order valence-corrected chi connectivity index (χ3v) is 8.57. The van der Waals surface area contributed by atoms with Crippen molar-refractivity contribution in [1.82, 2.24) is 30.2 Å². The number of hydrogen-bond acceptors (Lipinski definition) is 9. The van der Waals surface area contributed by atoms with Crippen molar-refractivity contribution in [3.8, 4) is 11.1 Å². The number of fused-ring (bicyclic) bond motifs is 2. The maximum absolute atomic E-state index is 13.0. The number of aliphatic hydroxyl groups is 1. The zero-order valence-corrected chi connectivity index (χ0v) is 26.4. The van der Waals surface area contributed by atoms with E-state index in [2.05, 4.69) is 41.5 Å². The maximum atomic E-state index is 13.0. The highest BCUT2D eigenvalue weighted by Crippen LogP contribution is 2.28. The van der Waals surface area contributed by atoms with Crippen molar-refractivity contribution in [2.24, 2.45) is 5.73 Å². The largest absolute Gasteiger partial charge is 0.391 e. The number of aliphatic hydroxyl groups excluding tert-OH is 1. The SMILES string of the molecule is C[C@@H](O)[C@H](N)C(=O)N[C@@H](CNC(=O)CCn1cnc2cc(Br)c(Cl)cc2c1=O)c1cccc(-c2ccc3c(N)ncnc3c2)c1. The molecule has 232 valence electrons. The number of nitrogens with one attached hydrogen (secondary N) is 2. The summed E-state index contributed by atoms with van der Waals surface area (Å²) in [5.41, 5.74) is 15.1. The lowest BCUT2D eigenvalue weighted by Gasteiger charge is -2.23. The van der Waals surface area contributed by atoms with E-state index < -0.39 is 24.1 Å². The number of amides is 2. The van der Waals surface area contributed by atoms with Crippen LogP contribution in [0.25, 0.3) is 32.9 Å². The molecule has 5 aromatic rings. The number of benzene rings is 3. The number of halogens is 2. The van der Waals surface area contributed by atoms with Crippen LogP contribution in [0.5, 0.6) is 0 Å². The monoisotopic (exact) mass is 692 g/mol. The number of aromatic nitrogens is 4. The number of nitrogens with zero attached hydrogens (tertiary/aromatic N) is 4. The molecule has 0 fully saturated rings. The summed E-state index contributed by atoms with van der Waals surface area (Å²) in [5, 5.41) is 17.0. The zero-order chi connectivity index (χ0) is 32.2. The van der Waals surface area contributed by atoms with E-state index in [1.165, 1.54) is 30.2 Å². The fourth-order valence-electron chi connectivity index (χ4n) is 4.77. The third kappa shape index (κ3) is 7.28. The first-order chi connectivity index (χ1) is 21.5. The Morgan fingerprint density at radius 1 is 1.04 bits per heavy atom. The second kappa shape index (κ2) is 13.7. The quantitative estimate of drug-likeness (QED) is 0.146. The van der Waals surface area contributed by atoms with Gasteiger partial charge in [0.25, 0.3) is 5.56 Å². The average Bonchev–Trinajstić information content (AvgIpc) is 3.03. The van der Waals surface area contributed by atoms with Gasteiger partial charge < -0.3 is 27.2 Å². The van der Waals surface area contributed by atoms with Crippen LogP contribution in [-0.2, 0) is 16.1 Å². The van der Waals surface area contributed by atoms with Gasteiger partial charge in [0.15, 0.2) is 0 Å². The van der Waals surface area contributed by atoms with Crippen LogP contribution in [0.1, 0.15) is 24.9 Å². The smallest absolute Gasteiger partial charge is 0.261 e. The molecular weight excluding hydrogens is 664 g/mol. The highest BCUT2D eigenvalue weighted by molar-refractivity contribution is 9.10. The molecule has 0 radical (unpaired) electrons. The molecule has 12 nitrogen and oxygen atoms in total. The molecule has 2 aromatic heterocycles. The maximum Gasteiger partial charge on any atom is 0.261 e. The third-order valence-electron chi connectivity index (χ3n) is 7.38. The number of anilines is 1. The first-order valence-electron chi connectivity index (χ1n) is 14.0. The van der Waals surface area contributed by atoms with Crippen LogP contribution >= 0.6 is 27.5 Å². The van der Waals surface area contributed by atoms with Gasteiger partial charge in [-0.2, -0.15) is 0 Å². The summed E-state index contributed by atoms with van der Waals surface area (Å²) >= 11 is 9.48. The van der Waals surface area contributed by atoms with Gasteiger partial charge in [0.1, 0.15) is 18.2 Å². The second-order valence-corrected chi connectivity index (χ2v) is 11.8. The summed E-state index contributed by atoms with van der Waals surface area (Å²) < 4.78 is 1.97. The lowest BCUT2D eigenvalue weighted by Crippen LogP contribution is -2.49. The molecule has 0 aliphatic rings. The van der Waals surface area contributed by atoms with Crippen LogP contribution in [0.4, 0.5) is 5.82 Å². The van der Waals surface area contributed by atoms with Gasteiger partial charge in [0.05, 0.1) is 39.9 Å². The first kappa shape index (κ1) is 32.0. The normalized spacial score (nSPS) is 13.4. The van der Waals surface area contributed by atoms with Crippen LogP contribution in [0, 0.1) is 0 Å². The van der Waals surface area contributed by atoms with Crippen molar-refractivity contribution in [3.63, 3.8) is 0 Å². The Hall–Kier alpha value is -4.43.